The van der Waals surface area contributed by atoms with Crippen LogP contribution in [0, 0.1) is 0 Å². The smallest absolute Gasteiger partial charge is 0.169 e. The predicted octanol–water partition coefficient (Wildman–Crippen LogP) is 17.2. The van der Waals surface area contributed by atoms with Gasteiger partial charge in [-0.1, -0.05) is 177 Å². The highest BCUT2D eigenvalue weighted by atomic mass is 16.5. The normalized spacial score (nSPS) is 11.0. The fourth-order valence-electron chi connectivity index (χ4n) is 6.97. The molecule has 0 aliphatic carbocycles. The van der Waals surface area contributed by atoms with Crippen molar-refractivity contribution >= 4 is 0 Å². The molecule has 0 heterocycles. The monoisotopic (exact) mass is 926 g/mol. The molecule has 358 valence electrons. The summed E-state index contributed by atoms with van der Waals surface area (Å²) in [5.41, 5.74) is 4.55. The van der Waals surface area contributed by atoms with Crippen LogP contribution in [0.1, 0.15) is 95.9 Å². The number of para-hydroxylation sites is 12. The number of rotatable bonds is 12. The second kappa shape index (κ2) is 25.9. The number of aryl methyl sites for hydroxylation is 1. The van der Waals surface area contributed by atoms with E-state index in [1.165, 1.54) is 5.56 Å². The van der Waals surface area contributed by atoms with E-state index in [-0.39, 0.29) is 28.4 Å². The molecule has 8 heteroatoms. The molecular weight excluding hydrogens is 861 g/mol. The average molecular weight is 927 g/mol. The Balaban J connectivity index is 0.000000172. The van der Waals surface area contributed by atoms with Crippen LogP contribution < -0.4 is 18.9 Å². The first-order chi connectivity index (χ1) is 33.2. The molecule has 8 aromatic rings. The largest absolute Gasteiger partial charge is 0.504 e. The van der Waals surface area contributed by atoms with Crippen LogP contribution in [0.5, 0.6) is 69.0 Å². The van der Waals surface area contributed by atoms with E-state index in [1.807, 2.05) is 109 Å². The van der Waals surface area contributed by atoms with E-state index < -0.39 is 0 Å². The molecule has 8 nitrogen and oxygen atoms in total. The van der Waals surface area contributed by atoms with Gasteiger partial charge < -0.3 is 39.4 Å². The van der Waals surface area contributed by atoms with E-state index in [4.69, 9.17) is 18.9 Å². The number of phenols is 4. The Morgan fingerprint density at radius 1 is 0.362 bits per heavy atom. The van der Waals surface area contributed by atoms with Gasteiger partial charge in [-0.2, -0.15) is 0 Å². The summed E-state index contributed by atoms with van der Waals surface area (Å²) in [5, 5.41) is 38.8. The third-order valence-corrected chi connectivity index (χ3v) is 11.0. The highest BCUT2D eigenvalue weighted by molar-refractivity contribution is 5.48. The number of hydrogen-bond donors (Lipinski definition) is 4. The molecule has 69 heavy (non-hydrogen) atoms. The maximum atomic E-state index is 9.74. The van der Waals surface area contributed by atoms with Gasteiger partial charge in [-0.05, 0) is 120 Å². The van der Waals surface area contributed by atoms with E-state index in [0.717, 1.165) is 52.5 Å². The molecule has 0 fully saturated rings. The summed E-state index contributed by atoms with van der Waals surface area (Å²) in [4.78, 5) is 0. The molecule has 0 aliphatic heterocycles. The average Bonchev–Trinajstić information content (AvgIpc) is 3.35. The molecule has 1 unspecified atom stereocenters. The fourth-order valence-corrected chi connectivity index (χ4v) is 6.97. The summed E-state index contributed by atoms with van der Waals surface area (Å²) in [7, 11) is 0. The molecule has 8 rings (SSSR count). The molecule has 0 bridgehead atoms. The van der Waals surface area contributed by atoms with Crippen molar-refractivity contribution < 1.29 is 39.4 Å². The van der Waals surface area contributed by atoms with Crippen molar-refractivity contribution in [2.75, 3.05) is 0 Å². The third kappa shape index (κ3) is 15.6. The van der Waals surface area contributed by atoms with Crippen molar-refractivity contribution in [1.29, 1.82) is 0 Å². The maximum Gasteiger partial charge on any atom is 0.169 e. The van der Waals surface area contributed by atoms with Gasteiger partial charge in [0.25, 0.3) is 0 Å². The Labute approximate surface area is 408 Å². The molecule has 0 aliphatic rings. The Morgan fingerprint density at radius 2 is 0.667 bits per heavy atom. The number of phenolic OH excluding ortho intramolecular Hbond substituents is 4. The fraction of sp³-hybridized carbons (Fsp3) is 0.213. The standard InChI is InChI=1S/2C16H18O2.C15H16O2.C14H14O2/c1-16(2,3)12-8-4-6-10-14(12)18-15-11-7-5-9-13(15)17;1-3-12(2)13-8-4-6-10-15(13)18-16-11-7-5-9-14(16)17;1-11(2)12-7-3-5-9-14(12)17-15-10-6-4-8-13(15)16;1-2-11-7-3-5-9-13(11)16-14-10-6-4-8-12(14)15/h4-11,17H,1-3H3;4-12,17H,3H2,1-2H3;3-11,16H,1-2H3;3-10,15H,2H2,1H3. The molecule has 4 N–H and O–H groups in total. The summed E-state index contributed by atoms with van der Waals surface area (Å²) in [5.74, 6) is 6.60. The Hall–Kier alpha value is -7.84. The number of aromatic hydroxyl groups is 4. The first kappa shape index (κ1) is 52.1. The minimum atomic E-state index is 0.000985. The Morgan fingerprint density at radius 3 is 1.06 bits per heavy atom. The minimum absolute atomic E-state index is 0.000985. The van der Waals surface area contributed by atoms with E-state index in [0.29, 0.717) is 34.8 Å². The van der Waals surface area contributed by atoms with Gasteiger partial charge in [-0.25, -0.2) is 0 Å². The second-order valence-corrected chi connectivity index (χ2v) is 17.5. The van der Waals surface area contributed by atoms with Gasteiger partial charge in [0.15, 0.2) is 46.0 Å². The first-order valence-corrected chi connectivity index (χ1v) is 23.4. The van der Waals surface area contributed by atoms with Crippen molar-refractivity contribution in [3.8, 4) is 69.0 Å². The molecule has 0 amide bonds. The lowest BCUT2D eigenvalue weighted by atomic mass is 9.86. The van der Waals surface area contributed by atoms with Crippen LogP contribution in [-0.2, 0) is 11.8 Å². The van der Waals surface area contributed by atoms with Crippen LogP contribution in [0.2, 0.25) is 0 Å². The summed E-state index contributed by atoms with van der Waals surface area (Å²) in [6, 6.07) is 59.6. The van der Waals surface area contributed by atoms with Gasteiger partial charge in [0.05, 0.1) is 0 Å². The van der Waals surface area contributed by atoms with Crippen molar-refractivity contribution in [3.05, 3.63) is 216 Å². The van der Waals surface area contributed by atoms with Gasteiger partial charge in [-0.3, -0.25) is 0 Å². The number of ether oxygens (including phenoxy) is 4. The lowest BCUT2D eigenvalue weighted by Crippen LogP contribution is -2.12. The summed E-state index contributed by atoms with van der Waals surface area (Å²) in [6.45, 7) is 17.1. The Kier molecular flexibility index (Phi) is 19.6. The molecule has 0 radical (unpaired) electrons. The van der Waals surface area contributed by atoms with E-state index in [2.05, 4.69) is 67.5 Å². The molecule has 8 aromatic carbocycles. The topological polar surface area (TPSA) is 118 Å². The van der Waals surface area contributed by atoms with Gasteiger partial charge >= 0.3 is 0 Å². The SMILES string of the molecule is CC(C)(C)c1ccccc1Oc1ccccc1O.CC(C)c1ccccc1Oc1ccccc1O.CCC(C)c1ccccc1Oc1ccccc1O.CCc1ccccc1Oc1ccccc1O. The first-order valence-electron chi connectivity index (χ1n) is 23.4. The zero-order chi connectivity index (χ0) is 49.8. The molecule has 0 spiro atoms. The highest BCUT2D eigenvalue weighted by Gasteiger charge is 2.19. The zero-order valence-electron chi connectivity index (χ0n) is 41.0. The second-order valence-electron chi connectivity index (χ2n) is 17.5. The van der Waals surface area contributed by atoms with Crippen LogP contribution in [0.4, 0.5) is 0 Å². The predicted molar refractivity (Wildman–Crippen MR) is 279 cm³/mol. The van der Waals surface area contributed by atoms with Crippen LogP contribution >= 0.6 is 0 Å². The van der Waals surface area contributed by atoms with Gasteiger partial charge in [0.1, 0.15) is 23.0 Å². The number of hydrogen-bond acceptors (Lipinski definition) is 8. The number of benzene rings is 8. The maximum absolute atomic E-state index is 9.74. The molecule has 0 aromatic heterocycles. The van der Waals surface area contributed by atoms with E-state index in [1.54, 1.807) is 72.8 Å². The van der Waals surface area contributed by atoms with Gasteiger partial charge in [0, 0.05) is 5.56 Å². The van der Waals surface area contributed by atoms with Gasteiger partial charge in [-0.15, -0.1) is 0 Å². The lowest BCUT2D eigenvalue weighted by molar-refractivity contribution is 0.402. The van der Waals surface area contributed by atoms with E-state index >= 15 is 0 Å². The van der Waals surface area contributed by atoms with Crippen molar-refractivity contribution in [1.82, 2.24) is 0 Å². The molecule has 0 saturated heterocycles. The molecule has 1 atom stereocenters. The summed E-state index contributed by atoms with van der Waals surface area (Å²) < 4.78 is 23.1. The molecular formula is C61H66O8. The van der Waals surface area contributed by atoms with Crippen LogP contribution in [0.3, 0.4) is 0 Å². The third-order valence-electron chi connectivity index (χ3n) is 11.0. The van der Waals surface area contributed by atoms with Crippen molar-refractivity contribution in [2.24, 2.45) is 0 Å². The Bertz CT molecular complexity index is 2810. The van der Waals surface area contributed by atoms with Crippen molar-refractivity contribution in [3.63, 3.8) is 0 Å². The summed E-state index contributed by atoms with van der Waals surface area (Å²) in [6.07, 6.45) is 1.96. The highest BCUT2D eigenvalue weighted by Crippen LogP contribution is 2.39. The summed E-state index contributed by atoms with van der Waals surface area (Å²) >= 11 is 0. The zero-order valence-corrected chi connectivity index (χ0v) is 41.0. The van der Waals surface area contributed by atoms with Crippen LogP contribution in [-0.4, -0.2) is 20.4 Å². The molecule has 0 saturated carbocycles. The van der Waals surface area contributed by atoms with Crippen LogP contribution in [0.25, 0.3) is 0 Å². The minimum Gasteiger partial charge on any atom is -0.504 e. The van der Waals surface area contributed by atoms with Crippen LogP contribution in [0.15, 0.2) is 194 Å². The van der Waals surface area contributed by atoms with E-state index in [9.17, 15) is 20.4 Å². The van der Waals surface area contributed by atoms with Gasteiger partial charge in [0.2, 0.25) is 0 Å². The quantitative estimate of drug-likeness (QED) is 0.0957. The van der Waals surface area contributed by atoms with Crippen molar-refractivity contribution in [2.45, 2.75) is 85.5 Å². The lowest BCUT2D eigenvalue weighted by Gasteiger charge is -2.22.